The maximum Gasteiger partial charge on any atom is 0.126 e. The second kappa shape index (κ2) is 4.89. The lowest BCUT2D eigenvalue weighted by molar-refractivity contribution is 0.467. The molecule has 0 spiro atoms. The van der Waals surface area contributed by atoms with Crippen molar-refractivity contribution in [2.45, 2.75) is 19.9 Å². The summed E-state index contributed by atoms with van der Waals surface area (Å²) >= 11 is 0. The summed E-state index contributed by atoms with van der Waals surface area (Å²) in [6, 6.07) is 11.9. The number of aryl methyl sites for hydroxylation is 1. The Kier molecular flexibility index (Phi) is 3.06. The van der Waals surface area contributed by atoms with Crippen molar-refractivity contribution >= 4 is 22.3 Å². The smallest absolute Gasteiger partial charge is 0.126 e. The van der Waals surface area contributed by atoms with Gasteiger partial charge < -0.3 is 15.5 Å². The highest BCUT2D eigenvalue weighted by Gasteiger charge is 2.13. The molecule has 0 bridgehead atoms. The van der Waals surface area contributed by atoms with Crippen molar-refractivity contribution in [3.8, 4) is 0 Å². The van der Waals surface area contributed by atoms with Crippen LogP contribution in [-0.4, -0.2) is 4.98 Å². The fourth-order valence-electron chi connectivity index (χ4n) is 2.29. The largest absolute Gasteiger partial charge is 0.464 e. The average molecular weight is 267 g/mol. The van der Waals surface area contributed by atoms with Crippen LogP contribution >= 0.6 is 0 Å². The van der Waals surface area contributed by atoms with Gasteiger partial charge >= 0.3 is 0 Å². The van der Waals surface area contributed by atoms with E-state index in [9.17, 15) is 0 Å². The first-order chi connectivity index (χ1) is 9.65. The van der Waals surface area contributed by atoms with Gasteiger partial charge in [-0.1, -0.05) is 18.2 Å². The molecule has 0 saturated carbocycles. The molecule has 2 heterocycles. The molecule has 0 fully saturated rings. The number of nitrogens with two attached hydrogens (primary N) is 1. The molecule has 0 aliphatic heterocycles. The van der Waals surface area contributed by atoms with E-state index in [2.05, 4.69) is 10.3 Å². The van der Waals surface area contributed by atoms with E-state index in [1.165, 1.54) is 0 Å². The van der Waals surface area contributed by atoms with Crippen LogP contribution in [0.25, 0.3) is 10.9 Å². The first-order valence-electron chi connectivity index (χ1n) is 6.61. The number of anilines is 2. The molecule has 1 aromatic carbocycles. The summed E-state index contributed by atoms with van der Waals surface area (Å²) in [5.74, 6) is 1.80. The number of hydrogen-bond donors (Lipinski definition) is 2. The maximum atomic E-state index is 6.06. The highest BCUT2D eigenvalue weighted by atomic mass is 16.3. The Morgan fingerprint density at radius 2 is 2.00 bits per heavy atom. The van der Waals surface area contributed by atoms with E-state index in [0.29, 0.717) is 5.69 Å². The Labute approximate surface area is 117 Å². The van der Waals surface area contributed by atoms with Gasteiger partial charge in [-0.2, -0.15) is 0 Å². The first-order valence-corrected chi connectivity index (χ1v) is 6.61. The minimum absolute atomic E-state index is 0.0387. The quantitative estimate of drug-likeness (QED) is 0.755. The van der Waals surface area contributed by atoms with Crippen molar-refractivity contribution in [3.05, 3.63) is 54.1 Å². The first kappa shape index (κ1) is 12.5. The van der Waals surface area contributed by atoms with Crippen molar-refractivity contribution in [2.24, 2.45) is 0 Å². The van der Waals surface area contributed by atoms with Crippen LogP contribution in [0.1, 0.15) is 24.5 Å². The van der Waals surface area contributed by atoms with Crippen LogP contribution in [0.5, 0.6) is 0 Å². The molecule has 3 aromatic rings. The predicted octanol–water partition coefficient (Wildman–Crippen LogP) is 3.89. The number of nitrogens with one attached hydrogen (secondary N) is 1. The molecule has 102 valence electrons. The molecular weight excluding hydrogens is 250 g/mol. The van der Waals surface area contributed by atoms with Gasteiger partial charge in [0, 0.05) is 5.39 Å². The third-order valence-corrected chi connectivity index (χ3v) is 3.35. The Morgan fingerprint density at radius 3 is 2.75 bits per heavy atom. The molecule has 0 saturated heterocycles. The van der Waals surface area contributed by atoms with Crippen LogP contribution in [0.15, 0.2) is 47.0 Å². The number of fused-ring (bicyclic) bond motifs is 1. The predicted molar refractivity (Wildman–Crippen MR) is 81.6 cm³/mol. The van der Waals surface area contributed by atoms with Gasteiger partial charge in [-0.3, -0.25) is 4.98 Å². The van der Waals surface area contributed by atoms with Gasteiger partial charge in [-0.25, -0.2) is 0 Å². The van der Waals surface area contributed by atoms with Crippen LogP contribution in [0, 0.1) is 6.92 Å². The fraction of sp³-hybridized carbons (Fsp3) is 0.188. The molecule has 3 N–H and O–H groups in total. The zero-order valence-electron chi connectivity index (χ0n) is 11.6. The minimum Gasteiger partial charge on any atom is -0.464 e. The Bertz CT molecular complexity index is 748. The molecule has 20 heavy (non-hydrogen) atoms. The topological polar surface area (TPSA) is 64.1 Å². The maximum absolute atomic E-state index is 6.06. The normalized spacial score (nSPS) is 12.5. The summed E-state index contributed by atoms with van der Waals surface area (Å²) in [7, 11) is 0. The van der Waals surface area contributed by atoms with Crippen LogP contribution in [0.2, 0.25) is 0 Å². The van der Waals surface area contributed by atoms with E-state index < -0.39 is 0 Å². The van der Waals surface area contributed by atoms with Gasteiger partial charge in [-0.15, -0.1) is 0 Å². The zero-order chi connectivity index (χ0) is 14.1. The molecule has 4 nitrogen and oxygen atoms in total. The number of nitrogens with zero attached hydrogens (tertiary/aromatic N) is 1. The van der Waals surface area contributed by atoms with E-state index in [1.54, 1.807) is 6.20 Å². The van der Waals surface area contributed by atoms with Gasteiger partial charge in [-0.05, 0) is 32.0 Å². The molecule has 4 heteroatoms. The van der Waals surface area contributed by atoms with E-state index >= 15 is 0 Å². The molecule has 3 rings (SSSR count). The highest BCUT2D eigenvalue weighted by molar-refractivity contribution is 5.96. The highest BCUT2D eigenvalue weighted by Crippen LogP contribution is 2.31. The number of furan rings is 1. The van der Waals surface area contributed by atoms with E-state index in [-0.39, 0.29) is 6.04 Å². The van der Waals surface area contributed by atoms with Crippen LogP contribution in [-0.2, 0) is 0 Å². The van der Waals surface area contributed by atoms with E-state index in [0.717, 1.165) is 28.1 Å². The summed E-state index contributed by atoms with van der Waals surface area (Å²) in [5.41, 5.74) is 8.52. The molecule has 0 radical (unpaired) electrons. The van der Waals surface area contributed by atoms with Gasteiger partial charge in [0.2, 0.25) is 0 Å². The third-order valence-electron chi connectivity index (χ3n) is 3.35. The number of pyridine rings is 1. The monoisotopic (exact) mass is 267 g/mol. The summed E-state index contributed by atoms with van der Waals surface area (Å²) in [5, 5.41) is 4.44. The summed E-state index contributed by atoms with van der Waals surface area (Å²) in [6.07, 6.45) is 1.69. The lowest BCUT2D eigenvalue weighted by atomic mass is 10.1. The standard InChI is InChI=1S/C16H17N3O/c1-10-7-8-15(20-10)11(2)19-16-12-5-3-4-6-14(12)18-9-13(16)17/h3-9,11H,17H2,1-2H3,(H,18,19). The van der Waals surface area contributed by atoms with E-state index in [4.69, 9.17) is 10.2 Å². The molecule has 0 amide bonds. The number of hydrogen-bond acceptors (Lipinski definition) is 4. The van der Waals surface area contributed by atoms with Crippen molar-refractivity contribution in [3.63, 3.8) is 0 Å². The summed E-state index contributed by atoms with van der Waals surface area (Å²) in [4.78, 5) is 4.34. The minimum atomic E-state index is 0.0387. The lowest BCUT2D eigenvalue weighted by Crippen LogP contribution is -2.08. The Balaban J connectivity index is 2.00. The molecule has 0 aliphatic carbocycles. The van der Waals surface area contributed by atoms with E-state index in [1.807, 2.05) is 50.2 Å². The Hall–Kier alpha value is -2.49. The molecule has 1 atom stereocenters. The number of rotatable bonds is 3. The van der Waals surface area contributed by atoms with Crippen LogP contribution in [0.3, 0.4) is 0 Å². The lowest BCUT2D eigenvalue weighted by Gasteiger charge is -2.16. The Morgan fingerprint density at radius 1 is 1.20 bits per heavy atom. The van der Waals surface area contributed by atoms with Gasteiger partial charge in [0.05, 0.1) is 29.1 Å². The van der Waals surface area contributed by atoms with Crippen molar-refractivity contribution in [1.29, 1.82) is 0 Å². The van der Waals surface area contributed by atoms with Gasteiger partial charge in [0.25, 0.3) is 0 Å². The van der Waals surface area contributed by atoms with Gasteiger partial charge in [0.15, 0.2) is 0 Å². The van der Waals surface area contributed by atoms with Crippen molar-refractivity contribution in [2.75, 3.05) is 11.1 Å². The van der Waals surface area contributed by atoms with Crippen LogP contribution in [0.4, 0.5) is 11.4 Å². The molecular formula is C16H17N3O. The van der Waals surface area contributed by atoms with Crippen LogP contribution < -0.4 is 11.1 Å². The van der Waals surface area contributed by atoms with Gasteiger partial charge in [0.1, 0.15) is 11.5 Å². The SMILES string of the molecule is Cc1ccc(C(C)Nc2c(N)cnc3ccccc23)o1. The molecule has 1 unspecified atom stereocenters. The number of aromatic nitrogens is 1. The summed E-state index contributed by atoms with van der Waals surface area (Å²) < 4.78 is 5.65. The fourth-order valence-corrected chi connectivity index (χ4v) is 2.29. The number of nitrogen functional groups attached to an aromatic ring is 1. The van der Waals surface area contributed by atoms with Crippen molar-refractivity contribution < 1.29 is 4.42 Å². The number of para-hydroxylation sites is 1. The zero-order valence-corrected chi connectivity index (χ0v) is 11.6. The van der Waals surface area contributed by atoms with Crippen molar-refractivity contribution in [1.82, 2.24) is 4.98 Å². The number of benzene rings is 1. The average Bonchev–Trinajstić information content (AvgIpc) is 2.89. The molecule has 0 aliphatic rings. The second-order valence-corrected chi connectivity index (χ2v) is 4.92. The summed E-state index contributed by atoms with van der Waals surface area (Å²) in [6.45, 7) is 3.99. The molecule has 2 aromatic heterocycles. The third kappa shape index (κ3) is 2.20. The second-order valence-electron chi connectivity index (χ2n) is 4.92.